The first-order valence-electron chi connectivity index (χ1n) is 6.74. The van der Waals surface area contributed by atoms with Gasteiger partial charge in [0.25, 0.3) is 5.91 Å². The molecule has 0 aliphatic rings. The van der Waals surface area contributed by atoms with Crippen molar-refractivity contribution in [3.05, 3.63) is 54.6 Å². The van der Waals surface area contributed by atoms with Crippen LogP contribution in [-0.4, -0.2) is 30.0 Å². The Morgan fingerprint density at radius 3 is 2.45 bits per heavy atom. The van der Waals surface area contributed by atoms with Gasteiger partial charge in [0.1, 0.15) is 5.75 Å². The molecule has 20 heavy (non-hydrogen) atoms. The Balaban J connectivity index is 2.80. The second kappa shape index (κ2) is 7.53. The van der Waals surface area contributed by atoms with Gasteiger partial charge in [-0.15, -0.1) is 13.2 Å². The smallest absolute Gasteiger partial charge is 0.263 e. The van der Waals surface area contributed by atoms with Gasteiger partial charge in [-0.25, -0.2) is 0 Å². The predicted octanol–water partition coefficient (Wildman–Crippen LogP) is 3.27. The summed E-state index contributed by atoms with van der Waals surface area (Å²) >= 11 is 0. The van der Waals surface area contributed by atoms with E-state index in [2.05, 4.69) is 13.2 Å². The van der Waals surface area contributed by atoms with E-state index < -0.39 is 6.10 Å². The van der Waals surface area contributed by atoms with Crippen LogP contribution >= 0.6 is 0 Å². The third kappa shape index (κ3) is 4.26. The summed E-state index contributed by atoms with van der Waals surface area (Å²) in [5.74, 6) is 0.689. The average Bonchev–Trinajstić information content (AvgIpc) is 2.41. The quantitative estimate of drug-likeness (QED) is 0.714. The molecule has 1 aromatic carbocycles. The van der Waals surface area contributed by atoms with Gasteiger partial charge in [-0.1, -0.05) is 24.3 Å². The van der Waals surface area contributed by atoms with Crippen LogP contribution in [0.2, 0.25) is 0 Å². The first-order valence-corrected chi connectivity index (χ1v) is 6.74. The third-order valence-electron chi connectivity index (χ3n) is 3.01. The predicted molar refractivity (Wildman–Crippen MR) is 83.0 cm³/mol. The first-order chi connectivity index (χ1) is 9.49. The lowest BCUT2D eigenvalue weighted by Crippen LogP contribution is -2.40. The van der Waals surface area contributed by atoms with Crippen LogP contribution in [0.4, 0.5) is 0 Å². The fourth-order valence-corrected chi connectivity index (χ4v) is 1.90. The molecule has 0 aromatic heterocycles. The summed E-state index contributed by atoms with van der Waals surface area (Å²) in [6.45, 7) is 14.1. The first kappa shape index (κ1) is 16.0. The maximum Gasteiger partial charge on any atom is 0.263 e. The van der Waals surface area contributed by atoms with Crippen LogP contribution in [0.25, 0.3) is 0 Å². The van der Waals surface area contributed by atoms with Crippen LogP contribution in [0, 0.1) is 13.8 Å². The highest BCUT2D eigenvalue weighted by atomic mass is 16.5. The number of hydrogen-bond donors (Lipinski definition) is 0. The van der Waals surface area contributed by atoms with Gasteiger partial charge in [-0.2, -0.15) is 0 Å². The van der Waals surface area contributed by atoms with Crippen LogP contribution in [0.15, 0.2) is 43.5 Å². The summed E-state index contributed by atoms with van der Waals surface area (Å²) in [6.07, 6.45) is 2.87. The summed E-state index contributed by atoms with van der Waals surface area (Å²) in [7, 11) is 0. The number of benzene rings is 1. The Hall–Kier alpha value is -2.03. The van der Waals surface area contributed by atoms with Crippen molar-refractivity contribution in [2.45, 2.75) is 26.9 Å². The number of amides is 1. The van der Waals surface area contributed by atoms with E-state index in [1.807, 2.05) is 32.0 Å². The van der Waals surface area contributed by atoms with E-state index >= 15 is 0 Å². The number of carbonyl (C=O) groups is 1. The van der Waals surface area contributed by atoms with Crippen molar-refractivity contribution in [3.63, 3.8) is 0 Å². The van der Waals surface area contributed by atoms with E-state index in [1.165, 1.54) is 0 Å². The van der Waals surface area contributed by atoms with Gasteiger partial charge >= 0.3 is 0 Å². The topological polar surface area (TPSA) is 29.5 Å². The van der Waals surface area contributed by atoms with Crippen molar-refractivity contribution in [2.24, 2.45) is 0 Å². The minimum atomic E-state index is -0.532. The minimum absolute atomic E-state index is 0.0642. The van der Waals surface area contributed by atoms with Gasteiger partial charge in [-0.3, -0.25) is 4.79 Å². The molecule has 0 N–H and O–H groups in total. The summed E-state index contributed by atoms with van der Waals surface area (Å²) in [5, 5.41) is 0. The molecule has 0 spiro atoms. The molecule has 1 rings (SSSR count). The van der Waals surface area contributed by atoms with Gasteiger partial charge in [0.05, 0.1) is 0 Å². The summed E-state index contributed by atoms with van der Waals surface area (Å²) in [6, 6.07) is 5.97. The van der Waals surface area contributed by atoms with Crippen molar-refractivity contribution in [1.29, 1.82) is 0 Å². The zero-order valence-electron chi connectivity index (χ0n) is 12.6. The van der Waals surface area contributed by atoms with Crippen molar-refractivity contribution >= 4 is 5.91 Å². The maximum absolute atomic E-state index is 12.3. The highest BCUT2D eigenvalue weighted by molar-refractivity contribution is 5.81. The Labute approximate surface area is 121 Å². The molecule has 1 atom stereocenters. The lowest BCUT2D eigenvalue weighted by atomic mass is 10.1. The number of nitrogens with zero attached hydrogens (tertiary/aromatic N) is 1. The van der Waals surface area contributed by atoms with Crippen molar-refractivity contribution in [1.82, 2.24) is 4.90 Å². The van der Waals surface area contributed by atoms with E-state index in [9.17, 15) is 4.79 Å². The summed E-state index contributed by atoms with van der Waals surface area (Å²) in [5.41, 5.74) is 2.13. The van der Waals surface area contributed by atoms with E-state index in [-0.39, 0.29) is 5.91 Å². The fraction of sp³-hybridized carbons (Fsp3) is 0.353. The zero-order valence-corrected chi connectivity index (χ0v) is 12.6. The Morgan fingerprint density at radius 2 is 1.90 bits per heavy atom. The second-order valence-electron chi connectivity index (χ2n) is 4.85. The molecular weight excluding hydrogens is 250 g/mol. The number of carbonyl (C=O) groups excluding carboxylic acids is 1. The number of ether oxygens (including phenoxy) is 1. The second-order valence-corrected chi connectivity index (χ2v) is 4.85. The molecule has 0 saturated heterocycles. The maximum atomic E-state index is 12.3. The van der Waals surface area contributed by atoms with Crippen LogP contribution in [0.3, 0.4) is 0 Å². The average molecular weight is 273 g/mol. The lowest BCUT2D eigenvalue weighted by molar-refractivity contribution is -0.136. The number of aryl methyl sites for hydroxylation is 2. The molecular formula is C17H23NO2. The largest absolute Gasteiger partial charge is 0.481 e. The molecule has 1 amide bonds. The molecule has 0 radical (unpaired) electrons. The van der Waals surface area contributed by atoms with Gasteiger partial charge in [0, 0.05) is 13.1 Å². The third-order valence-corrected chi connectivity index (χ3v) is 3.01. The van der Waals surface area contributed by atoms with Gasteiger partial charge < -0.3 is 9.64 Å². The molecule has 3 nitrogen and oxygen atoms in total. The molecule has 0 heterocycles. The molecule has 0 aliphatic carbocycles. The minimum Gasteiger partial charge on any atom is -0.481 e. The SMILES string of the molecule is C=CCN(CC=C)C(=O)C(C)Oc1cc(C)ccc1C. The Bertz CT molecular complexity index is 484. The van der Waals surface area contributed by atoms with Gasteiger partial charge in [0.2, 0.25) is 0 Å². The van der Waals surface area contributed by atoms with E-state index in [1.54, 1.807) is 24.0 Å². The standard InChI is InChI=1S/C17H23NO2/c1-6-10-18(11-7-2)17(19)15(5)20-16-12-13(3)8-9-14(16)4/h6-9,12,15H,1-2,10-11H2,3-5H3. The molecule has 0 aliphatic heterocycles. The van der Waals surface area contributed by atoms with Crippen LogP contribution in [-0.2, 0) is 4.79 Å². The molecule has 1 unspecified atom stereocenters. The Morgan fingerprint density at radius 1 is 1.30 bits per heavy atom. The van der Waals surface area contributed by atoms with Crippen molar-refractivity contribution < 1.29 is 9.53 Å². The van der Waals surface area contributed by atoms with Gasteiger partial charge in [0.15, 0.2) is 6.10 Å². The molecule has 0 bridgehead atoms. The van der Waals surface area contributed by atoms with Crippen LogP contribution in [0.1, 0.15) is 18.1 Å². The molecule has 3 heteroatoms. The van der Waals surface area contributed by atoms with Gasteiger partial charge in [-0.05, 0) is 38.0 Å². The van der Waals surface area contributed by atoms with E-state index in [4.69, 9.17) is 4.74 Å². The van der Waals surface area contributed by atoms with Crippen molar-refractivity contribution in [2.75, 3.05) is 13.1 Å². The molecule has 0 fully saturated rings. The van der Waals surface area contributed by atoms with E-state index in [0.717, 1.165) is 16.9 Å². The summed E-state index contributed by atoms with van der Waals surface area (Å²) < 4.78 is 5.80. The number of hydrogen-bond acceptors (Lipinski definition) is 2. The lowest BCUT2D eigenvalue weighted by Gasteiger charge is -2.24. The highest BCUT2D eigenvalue weighted by Gasteiger charge is 2.20. The highest BCUT2D eigenvalue weighted by Crippen LogP contribution is 2.20. The molecule has 1 aromatic rings. The fourth-order valence-electron chi connectivity index (χ4n) is 1.90. The van der Waals surface area contributed by atoms with Crippen LogP contribution < -0.4 is 4.74 Å². The normalized spacial score (nSPS) is 11.6. The molecule has 0 saturated carbocycles. The summed E-state index contributed by atoms with van der Waals surface area (Å²) in [4.78, 5) is 14.0. The zero-order chi connectivity index (χ0) is 15.1. The number of rotatable bonds is 7. The Kier molecular flexibility index (Phi) is 6.04. The van der Waals surface area contributed by atoms with Crippen LogP contribution in [0.5, 0.6) is 5.75 Å². The van der Waals surface area contributed by atoms with E-state index in [0.29, 0.717) is 13.1 Å². The van der Waals surface area contributed by atoms with Crippen molar-refractivity contribution in [3.8, 4) is 5.75 Å². The molecule has 108 valence electrons. The monoisotopic (exact) mass is 273 g/mol.